The number of fused-ring (bicyclic) bond motifs is 1. The Balaban J connectivity index is 1.79. The highest BCUT2D eigenvalue weighted by molar-refractivity contribution is 5.78. The highest BCUT2D eigenvalue weighted by Crippen LogP contribution is 2.46. The van der Waals surface area contributed by atoms with Crippen LogP contribution in [0.2, 0.25) is 0 Å². The van der Waals surface area contributed by atoms with Crippen LogP contribution in [0.1, 0.15) is 22.9 Å². The third-order valence-corrected chi connectivity index (χ3v) is 4.78. The molecular formula is C22H22N2. The Bertz CT molecular complexity index is 827. The third-order valence-electron chi connectivity index (χ3n) is 4.78. The number of nitrogens with zero attached hydrogens (tertiary/aromatic N) is 2. The van der Waals surface area contributed by atoms with Crippen molar-refractivity contribution in [3.8, 4) is 0 Å². The summed E-state index contributed by atoms with van der Waals surface area (Å²) >= 11 is 0. The Hall–Kier alpha value is -2.74. The highest BCUT2D eigenvalue weighted by Gasteiger charge is 2.34. The van der Waals surface area contributed by atoms with Gasteiger partial charge in [0.15, 0.2) is 0 Å². The van der Waals surface area contributed by atoms with Gasteiger partial charge >= 0.3 is 0 Å². The van der Waals surface area contributed by atoms with Gasteiger partial charge in [-0.2, -0.15) is 0 Å². The molecule has 0 bridgehead atoms. The smallest absolute Gasteiger partial charge is 0.128 e. The quantitative estimate of drug-likeness (QED) is 0.659. The molecule has 1 aliphatic rings. The van der Waals surface area contributed by atoms with Gasteiger partial charge < -0.3 is 9.80 Å². The third kappa shape index (κ3) is 2.54. The Kier molecular flexibility index (Phi) is 3.73. The topological polar surface area (TPSA) is 6.48 Å². The molecule has 24 heavy (non-hydrogen) atoms. The Morgan fingerprint density at radius 2 is 1.46 bits per heavy atom. The minimum Gasteiger partial charge on any atom is -0.349 e. The largest absolute Gasteiger partial charge is 0.349 e. The van der Waals surface area contributed by atoms with Crippen molar-refractivity contribution in [2.75, 3.05) is 16.8 Å². The van der Waals surface area contributed by atoms with E-state index in [1.165, 1.54) is 28.1 Å². The Morgan fingerprint density at radius 1 is 0.792 bits per heavy atom. The first-order valence-electron chi connectivity index (χ1n) is 8.43. The molecule has 2 heteroatoms. The highest BCUT2D eigenvalue weighted by atomic mass is 15.4. The van der Waals surface area contributed by atoms with Crippen LogP contribution in [0.25, 0.3) is 0 Å². The lowest BCUT2D eigenvalue weighted by atomic mass is 10.1. The molecule has 1 heterocycles. The summed E-state index contributed by atoms with van der Waals surface area (Å²) in [6.07, 6.45) is 0.225. The lowest BCUT2D eigenvalue weighted by Gasteiger charge is -2.31. The number of rotatable bonds is 3. The average molecular weight is 314 g/mol. The molecule has 0 saturated heterocycles. The Morgan fingerprint density at radius 3 is 2.17 bits per heavy atom. The summed E-state index contributed by atoms with van der Waals surface area (Å²) in [6, 6.07) is 28.2. The molecule has 0 aromatic heterocycles. The first-order valence-corrected chi connectivity index (χ1v) is 8.43. The van der Waals surface area contributed by atoms with Gasteiger partial charge in [0.05, 0.1) is 11.4 Å². The van der Waals surface area contributed by atoms with E-state index < -0.39 is 0 Å². The normalized spacial score (nSPS) is 16.3. The molecule has 1 unspecified atom stereocenters. The van der Waals surface area contributed by atoms with Gasteiger partial charge in [0.1, 0.15) is 6.17 Å². The maximum absolute atomic E-state index is 2.50. The summed E-state index contributed by atoms with van der Waals surface area (Å²) in [5, 5.41) is 0. The fourth-order valence-corrected chi connectivity index (χ4v) is 3.61. The molecule has 2 nitrogen and oxygen atoms in total. The summed E-state index contributed by atoms with van der Waals surface area (Å²) in [5.74, 6) is 0. The minimum atomic E-state index is 0.225. The number of hydrogen-bond donors (Lipinski definition) is 0. The van der Waals surface area contributed by atoms with Gasteiger partial charge in [-0.05, 0) is 35.7 Å². The number of hydrogen-bond acceptors (Lipinski definition) is 2. The van der Waals surface area contributed by atoms with Gasteiger partial charge in [-0.25, -0.2) is 0 Å². The monoisotopic (exact) mass is 314 g/mol. The lowest BCUT2D eigenvalue weighted by Crippen LogP contribution is -2.33. The van der Waals surface area contributed by atoms with Gasteiger partial charge in [0.25, 0.3) is 0 Å². The molecule has 1 aliphatic heterocycles. The van der Waals surface area contributed by atoms with E-state index in [1.54, 1.807) is 0 Å². The van der Waals surface area contributed by atoms with Gasteiger partial charge in [0.2, 0.25) is 0 Å². The summed E-state index contributed by atoms with van der Waals surface area (Å²) in [4.78, 5) is 4.89. The zero-order valence-electron chi connectivity index (χ0n) is 14.2. The van der Waals surface area contributed by atoms with E-state index in [1.807, 2.05) is 0 Å². The second kappa shape index (κ2) is 6.04. The van der Waals surface area contributed by atoms with Gasteiger partial charge in [0, 0.05) is 13.6 Å². The van der Waals surface area contributed by atoms with Crippen molar-refractivity contribution < 1.29 is 0 Å². The van der Waals surface area contributed by atoms with Crippen LogP contribution in [0.4, 0.5) is 11.4 Å². The molecule has 0 fully saturated rings. The minimum absolute atomic E-state index is 0.225. The van der Waals surface area contributed by atoms with Gasteiger partial charge in [-0.15, -0.1) is 0 Å². The molecule has 0 radical (unpaired) electrons. The lowest BCUT2D eigenvalue weighted by molar-refractivity contribution is 0.642. The van der Waals surface area contributed by atoms with Gasteiger partial charge in [-0.3, -0.25) is 0 Å². The fraction of sp³-hybridized carbons (Fsp3) is 0.182. The maximum atomic E-state index is 2.50. The average Bonchev–Trinajstić information content (AvgIpc) is 2.88. The van der Waals surface area contributed by atoms with Crippen LogP contribution in [0.5, 0.6) is 0 Å². The van der Waals surface area contributed by atoms with E-state index in [0.29, 0.717) is 0 Å². The van der Waals surface area contributed by atoms with Crippen LogP contribution in [0, 0.1) is 6.92 Å². The second-order valence-electron chi connectivity index (χ2n) is 6.50. The van der Waals surface area contributed by atoms with E-state index in [4.69, 9.17) is 0 Å². The SMILES string of the molecule is Cc1ccc2c(c1)N(C)C(c1ccccc1)N2Cc1ccccc1. The molecule has 3 aromatic carbocycles. The molecular weight excluding hydrogens is 292 g/mol. The number of aryl methyl sites for hydroxylation is 1. The molecule has 0 spiro atoms. The fourth-order valence-electron chi connectivity index (χ4n) is 3.61. The molecule has 3 aromatic rings. The molecule has 0 amide bonds. The summed E-state index contributed by atoms with van der Waals surface area (Å²) in [5.41, 5.74) is 6.57. The Labute approximate surface area is 144 Å². The molecule has 1 atom stereocenters. The summed E-state index contributed by atoms with van der Waals surface area (Å²) in [7, 11) is 2.20. The first-order chi connectivity index (χ1) is 11.7. The van der Waals surface area contributed by atoms with Crippen molar-refractivity contribution in [2.45, 2.75) is 19.6 Å². The number of benzene rings is 3. The van der Waals surface area contributed by atoms with Crippen molar-refractivity contribution >= 4 is 11.4 Å². The standard InChI is InChI=1S/C22H22N2/c1-17-13-14-20-21(15-17)23(2)22(19-11-7-4-8-12-19)24(20)16-18-9-5-3-6-10-18/h3-15,22H,16H2,1-2H3. The zero-order chi connectivity index (χ0) is 16.5. The first kappa shape index (κ1) is 14.8. The van der Waals surface area contributed by atoms with Crippen LogP contribution < -0.4 is 9.80 Å². The van der Waals surface area contributed by atoms with Crippen LogP contribution in [0.3, 0.4) is 0 Å². The predicted octanol–water partition coefficient (Wildman–Crippen LogP) is 5.15. The van der Waals surface area contributed by atoms with E-state index in [9.17, 15) is 0 Å². The van der Waals surface area contributed by atoms with Crippen LogP contribution >= 0.6 is 0 Å². The molecule has 4 rings (SSSR count). The predicted molar refractivity (Wildman–Crippen MR) is 101 cm³/mol. The van der Waals surface area contributed by atoms with Crippen LogP contribution in [-0.2, 0) is 6.54 Å². The van der Waals surface area contributed by atoms with Crippen LogP contribution in [0.15, 0.2) is 78.9 Å². The number of anilines is 2. The van der Waals surface area contributed by atoms with Crippen molar-refractivity contribution in [3.63, 3.8) is 0 Å². The van der Waals surface area contributed by atoms with E-state index in [0.717, 1.165) is 6.54 Å². The summed E-state index contributed by atoms with van der Waals surface area (Å²) in [6.45, 7) is 3.06. The van der Waals surface area contributed by atoms with Crippen molar-refractivity contribution in [3.05, 3.63) is 95.6 Å². The summed E-state index contributed by atoms with van der Waals surface area (Å²) < 4.78 is 0. The van der Waals surface area contributed by atoms with E-state index in [-0.39, 0.29) is 6.17 Å². The van der Waals surface area contributed by atoms with E-state index >= 15 is 0 Å². The van der Waals surface area contributed by atoms with Crippen molar-refractivity contribution in [1.82, 2.24) is 0 Å². The second-order valence-corrected chi connectivity index (χ2v) is 6.50. The van der Waals surface area contributed by atoms with Gasteiger partial charge in [-0.1, -0.05) is 66.7 Å². The molecule has 0 N–H and O–H groups in total. The molecule has 0 saturated carbocycles. The molecule has 0 aliphatic carbocycles. The van der Waals surface area contributed by atoms with Crippen LogP contribution in [-0.4, -0.2) is 7.05 Å². The zero-order valence-corrected chi connectivity index (χ0v) is 14.2. The molecule has 120 valence electrons. The van der Waals surface area contributed by atoms with E-state index in [2.05, 4.69) is 103 Å². The van der Waals surface area contributed by atoms with Crippen molar-refractivity contribution in [1.29, 1.82) is 0 Å². The van der Waals surface area contributed by atoms with Crippen molar-refractivity contribution in [2.24, 2.45) is 0 Å². The maximum Gasteiger partial charge on any atom is 0.128 e.